The van der Waals surface area contributed by atoms with Gasteiger partial charge in [-0.15, -0.1) is 0 Å². The van der Waals surface area contributed by atoms with Gasteiger partial charge in [-0.1, -0.05) is 18.2 Å². The van der Waals surface area contributed by atoms with E-state index in [1.807, 2.05) is 24.3 Å². The van der Waals surface area contributed by atoms with E-state index in [1.54, 1.807) is 13.3 Å². The van der Waals surface area contributed by atoms with Crippen molar-refractivity contribution in [2.75, 3.05) is 7.11 Å². The molecule has 0 aliphatic carbocycles. The summed E-state index contributed by atoms with van der Waals surface area (Å²) in [5, 5.41) is 9.47. The molecule has 0 saturated heterocycles. The lowest BCUT2D eigenvalue weighted by Crippen LogP contribution is -2.17. The maximum atomic E-state index is 11.6. The van der Waals surface area contributed by atoms with Crippen molar-refractivity contribution in [2.45, 2.75) is 12.3 Å². The van der Waals surface area contributed by atoms with E-state index >= 15 is 0 Å². The largest absolute Gasteiger partial charge is 0.496 e. The molecular formula is C14H13IN2O3. The van der Waals surface area contributed by atoms with E-state index in [4.69, 9.17) is 4.74 Å². The summed E-state index contributed by atoms with van der Waals surface area (Å²) in [7, 11) is 1.57. The zero-order chi connectivity index (χ0) is 14.5. The van der Waals surface area contributed by atoms with Crippen molar-refractivity contribution >= 4 is 28.6 Å². The van der Waals surface area contributed by atoms with Crippen molar-refractivity contribution in [3.8, 4) is 5.75 Å². The zero-order valence-electron chi connectivity index (χ0n) is 10.8. The molecule has 0 amide bonds. The quantitative estimate of drug-likeness (QED) is 0.803. The van der Waals surface area contributed by atoms with Gasteiger partial charge in [0.2, 0.25) is 0 Å². The fourth-order valence-electron chi connectivity index (χ4n) is 1.97. The Morgan fingerprint density at radius 2 is 2.20 bits per heavy atom. The number of hydrogen-bond donors (Lipinski definition) is 1. The van der Waals surface area contributed by atoms with Crippen molar-refractivity contribution in [2.24, 2.45) is 0 Å². The first-order valence-corrected chi connectivity index (χ1v) is 7.01. The standard InChI is InChI=1S/C14H13IN2O3/c1-20-12-5-3-2-4-9(12)6-10(14(18)19)13-11(15)7-16-8-17-13/h2-5,7-8,10H,6H2,1H3,(H,18,19). The topological polar surface area (TPSA) is 72.3 Å². The Kier molecular flexibility index (Phi) is 4.89. The summed E-state index contributed by atoms with van der Waals surface area (Å²) in [6, 6.07) is 7.40. The van der Waals surface area contributed by atoms with Crippen molar-refractivity contribution in [3.63, 3.8) is 0 Å². The Hall–Kier alpha value is -1.70. The number of nitrogens with zero attached hydrogens (tertiary/aromatic N) is 2. The molecule has 1 heterocycles. The molecule has 1 aromatic heterocycles. The van der Waals surface area contributed by atoms with Crippen LogP contribution >= 0.6 is 22.6 Å². The van der Waals surface area contributed by atoms with Gasteiger partial charge in [0.15, 0.2) is 0 Å². The minimum Gasteiger partial charge on any atom is -0.496 e. The van der Waals surface area contributed by atoms with Gasteiger partial charge in [-0.05, 0) is 40.6 Å². The van der Waals surface area contributed by atoms with Crippen LogP contribution in [0.1, 0.15) is 17.2 Å². The number of ether oxygens (including phenoxy) is 1. The van der Waals surface area contributed by atoms with E-state index in [9.17, 15) is 9.90 Å². The summed E-state index contributed by atoms with van der Waals surface area (Å²) in [5.74, 6) is -0.948. The van der Waals surface area contributed by atoms with Crippen molar-refractivity contribution < 1.29 is 14.6 Å². The van der Waals surface area contributed by atoms with E-state index < -0.39 is 11.9 Å². The highest BCUT2D eigenvalue weighted by atomic mass is 127. The van der Waals surface area contributed by atoms with Gasteiger partial charge in [0.1, 0.15) is 18.0 Å². The average Bonchev–Trinajstić information content (AvgIpc) is 2.46. The van der Waals surface area contributed by atoms with Crippen LogP contribution in [0.4, 0.5) is 0 Å². The number of hydrogen-bond acceptors (Lipinski definition) is 4. The van der Waals surface area contributed by atoms with Crippen molar-refractivity contribution in [1.82, 2.24) is 9.97 Å². The SMILES string of the molecule is COc1ccccc1CC(C(=O)O)c1ncncc1I. The smallest absolute Gasteiger partial charge is 0.312 e. The second-order valence-corrected chi connectivity index (χ2v) is 5.32. The number of carboxylic acid groups (broad SMARTS) is 1. The molecule has 6 heteroatoms. The molecule has 0 aliphatic heterocycles. The number of methoxy groups -OCH3 is 1. The van der Waals surface area contributed by atoms with Crippen molar-refractivity contribution in [3.05, 3.63) is 51.6 Å². The summed E-state index contributed by atoms with van der Waals surface area (Å²) < 4.78 is 6.01. The average molecular weight is 384 g/mol. The molecule has 104 valence electrons. The molecule has 0 bridgehead atoms. The van der Waals surface area contributed by atoms with Gasteiger partial charge in [0.05, 0.1) is 16.4 Å². The van der Waals surface area contributed by atoms with Gasteiger partial charge in [-0.25, -0.2) is 9.97 Å². The Balaban J connectivity index is 2.36. The number of benzene rings is 1. The highest BCUT2D eigenvalue weighted by Crippen LogP contribution is 2.27. The monoisotopic (exact) mass is 384 g/mol. The first-order valence-electron chi connectivity index (χ1n) is 5.93. The Morgan fingerprint density at radius 1 is 1.45 bits per heavy atom. The van der Waals surface area contributed by atoms with Gasteiger partial charge in [-0.3, -0.25) is 4.79 Å². The minimum atomic E-state index is -0.910. The predicted octanol–water partition coefficient (Wildman–Crippen LogP) is 2.50. The predicted molar refractivity (Wildman–Crippen MR) is 81.8 cm³/mol. The molecule has 1 atom stereocenters. The van der Waals surface area contributed by atoms with E-state index in [-0.39, 0.29) is 0 Å². The van der Waals surface area contributed by atoms with Gasteiger partial charge in [-0.2, -0.15) is 0 Å². The van der Waals surface area contributed by atoms with Crippen LogP contribution in [0.2, 0.25) is 0 Å². The zero-order valence-corrected chi connectivity index (χ0v) is 12.9. The Bertz CT molecular complexity index is 619. The second kappa shape index (κ2) is 6.65. The number of para-hydroxylation sites is 1. The normalized spacial score (nSPS) is 11.9. The van der Waals surface area contributed by atoms with Crippen LogP contribution in [0.25, 0.3) is 0 Å². The molecule has 20 heavy (non-hydrogen) atoms. The molecule has 1 N–H and O–H groups in total. The molecule has 5 nitrogen and oxygen atoms in total. The van der Waals surface area contributed by atoms with Crippen LogP contribution in [0, 0.1) is 3.57 Å². The van der Waals surface area contributed by atoms with E-state index in [2.05, 4.69) is 32.6 Å². The maximum absolute atomic E-state index is 11.6. The Morgan fingerprint density at radius 3 is 2.85 bits per heavy atom. The lowest BCUT2D eigenvalue weighted by atomic mass is 9.95. The summed E-state index contributed by atoms with van der Waals surface area (Å²) in [6.07, 6.45) is 3.31. The van der Waals surface area contributed by atoms with Crippen LogP contribution < -0.4 is 4.74 Å². The third-order valence-electron chi connectivity index (χ3n) is 2.94. The fourth-order valence-corrected chi connectivity index (χ4v) is 2.65. The molecule has 0 spiro atoms. The Labute approximate surface area is 130 Å². The molecular weight excluding hydrogens is 371 g/mol. The number of carbonyl (C=O) groups is 1. The highest BCUT2D eigenvalue weighted by Gasteiger charge is 2.25. The van der Waals surface area contributed by atoms with E-state index in [1.165, 1.54) is 6.33 Å². The van der Waals surface area contributed by atoms with Crippen molar-refractivity contribution in [1.29, 1.82) is 0 Å². The summed E-state index contributed by atoms with van der Waals surface area (Å²) in [4.78, 5) is 19.6. The summed E-state index contributed by atoms with van der Waals surface area (Å²) >= 11 is 2.05. The molecule has 0 radical (unpaired) electrons. The first-order chi connectivity index (χ1) is 9.63. The molecule has 2 rings (SSSR count). The van der Waals surface area contributed by atoms with Gasteiger partial charge in [0, 0.05) is 6.20 Å². The van der Waals surface area contributed by atoms with E-state index in [0.717, 1.165) is 9.13 Å². The van der Waals surface area contributed by atoms with Crippen LogP contribution in [0.3, 0.4) is 0 Å². The third kappa shape index (κ3) is 3.24. The highest BCUT2D eigenvalue weighted by molar-refractivity contribution is 14.1. The van der Waals surface area contributed by atoms with Crippen LogP contribution in [-0.4, -0.2) is 28.2 Å². The number of halogens is 1. The van der Waals surface area contributed by atoms with Gasteiger partial charge < -0.3 is 9.84 Å². The lowest BCUT2D eigenvalue weighted by molar-refractivity contribution is -0.138. The van der Waals surface area contributed by atoms with Crippen LogP contribution in [0.5, 0.6) is 5.75 Å². The number of carboxylic acids is 1. The van der Waals surface area contributed by atoms with Crippen LogP contribution in [0.15, 0.2) is 36.8 Å². The van der Waals surface area contributed by atoms with E-state index in [0.29, 0.717) is 17.9 Å². The minimum absolute atomic E-state index is 0.326. The molecule has 0 saturated carbocycles. The van der Waals surface area contributed by atoms with Gasteiger partial charge in [0.25, 0.3) is 0 Å². The molecule has 2 aromatic rings. The lowest BCUT2D eigenvalue weighted by Gasteiger charge is -2.15. The first kappa shape index (κ1) is 14.7. The van der Waals surface area contributed by atoms with Crippen LogP contribution in [-0.2, 0) is 11.2 Å². The molecule has 0 fully saturated rings. The molecule has 1 unspecified atom stereocenters. The van der Waals surface area contributed by atoms with Gasteiger partial charge >= 0.3 is 5.97 Å². The maximum Gasteiger partial charge on any atom is 0.312 e. The fraction of sp³-hybridized carbons (Fsp3) is 0.214. The second-order valence-electron chi connectivity index (χ2n) is 4.16. The summed E-state index contributed by atoms with van der Waals surface area (Å²) in [6.45, 7) is 0. The number of aliphatic carboxylic acids is 1. The number of aromatic nitrogens is 2. The summed E-state index contributed by atoms with van der Waals surface area (Å²) in [5.41, 5.74) is 1.37. The third-order valence-corrected chi connectivity index (χ3v) is 3.77. The molecule has 1 aromatic carbocycles. The molecule has 0 aliphatic rings. The number of rotatable bonds is 5.